The summed E-state index contributed by atoms with van der Waals surface area (Å²) in [4.78, 5) is 24.1. The largest absolute Gasteiger partial charge is 0.355 e. The highest BCUT2D eigenvalue weighted by Gasteiger charge is 2.34. The van der Waals surface area contributed by atoms with E-state index < -0.39 is 10.0 Å². The third-order valence-electron chi connectivity index (χ3n) is 5.52. The molecule has 2 amide bonds. The van der Waals surface area contributed by atoms with Gasteiger partial charge in [-0.3, -0.25) is 9.59 Å². The molecule has 0 saturated carbocycles. The monoisotopic (exact) mass is 409 g/mol. The zero-order valence-corrected chi connectivity index (χ0v) is 18.2. The minimum Gasteiger partial charge on any atom is -0.355 e. The van der Waals surface area contributed by atoms with E-state index >= 15 is 0 Å². The first kappa shape index (κ1) is 22.4. The molecule has 0 bridgehead atoms. The van der Waals surface area contributed by atoms with Crippen molar-refractivity contribution >= 4 is 21.8 Å². The molecule has 2 rings (SSSR count). The summed E-state index contributed by atoms with van der Waals surface area (Å²) in [5.74, 6) is -0.694. The quantitative estimate of drug-likeness (QED) is 0.746. The van der Waals surface area contributed by atoms with Crippen LogP contribution in [0.1, 0.15) is 42.0 Å². The molecule has 1 aromatic carbocycles. The summed E-state index contributed by atoms with van der Waals surface area (Å²) in [5.41, 5.74) is 3.48. The first-order valence-electron chi connectivity index (χ1n) is 9.71. The molecule has 1 aromatic rings. The van der Waals surface area contributed by atoms with Gasteiger partial charge >= 0.3 is 0 Å². The lowest BCUT2D eigenvalue weighted by molar-refractivity contribution is -0.129. The van der Waals surface area contributed by atoms with E-state index in [1.54, 1.807) is 0 Å². The van der Waals surface area contributed by atoms with Gasteiger partial charge in [-0.05, 0) is 69.7 Å². The summed E-state index contributed by atoms with van der Waals surface area (Å²) < 4.78 is 28.0. The van der Waals surface area contributed by atoms with E-state index in [1.165, 1.54) is 4.31 Å². The predicted molar refractivity (Wildman–Crippen MR) is 109 cm³/mol. The normalized spacial score (nSPS) is 16.0. The Morgan fingerprint density at radius 3 is 2.07 bits per heavy atom. The maximum Gasteiger partial charge on any atom is 0.243 e. The van der Waals surface area contributed by atoms with Crippen molar-refractivity contribution in [3.8, 4) is 0 Å². The maximum absolute atomic E-state index is 13.3. The Bertz CT molecular complexity index is 830. The van der Waals surface area contributed by atoms with Gasteiger partial charge in [0.25, 0.3) is 0 Å². The molecular formula is C20H31N3O4S. The number of hydrogen-bond acceptors (Lipinski definition) is 4. The van der Waals surface area contributed by atoms with E-state index in [0.29, 0.717) is 37.4 Å². The Morgan fingerprint density at radius 2 is 1.57 bits per heavy atom. The highest BCUT2D eigenvalue weighted by molar-refractivity contribution is 7.89. The second-order valence-corrected chi connectivity index (χ2v) is 9.31. The fourth-order valence-corrected chi connectivity index (χ4v) is 5.67. The summed E-state index contributed by atoms with van der Waals surface area (Å²) in [7, 11) is -3.61. The molecule has 1 aliphatic heterocycles. The number of nitrogens with zero attached hydrogens (tertiary/aromatic N) is 1. The molecule has 1 aliphatic rings. The molecule has 0 aliphatic carbocycles. The lowest BCUT2D eigenvalue weighted by Crippen LogP contribution is -2.45. The first-order chi connectivity index (χ1) is 13.1. The highest BCUT2D eigenvalue weighted by Crippen LogP contribution is 2.31. The molecule has 1 heterocycles. The van der Waals surface area contributed by atoms with E-state index in [2.05, 4.69) is 10.6 Å². The van der Waals surface area contributed by atoms with Crippen molar-refractivity contribution in [3.63, 3.8) is 0 Å². The smallest absolute Gasteiger partial charge is 0.243 e. The van der Waals surface area contributed by atoms with Crippen LogP contribution in [0.25, 0.3) is 0 Å². The van der Waals surface area contributed by atoms with Crippen molar-refractivity contribution in [2.45, 2.75) is 52.4 Å². The molecule has 0 aromatic heterocycles. The van der Waals surface area contributed by atoms with Crippen LogP contribution in [0.15, 0.2) is 11.0 Å². The molecule has 156 valence electrons. The molecular weight excluding hydrogens is 378 g/mol. The van der Waals surface area contributed by atoms with Crippen LogP contribution in [0.3, 0.4) is 0 Å². The number of aryl methyl sites for hydroxylation is 2. The molecule has 0 unspecified atom stereocenters. The number of amides is 2. The molecule has 0 spiro atoms. The van der Waals surface area contributed by atoms with Crippen molar-refractivity contribution in [1.82, 2.24) is 14.9 Å². The van der Waals surface area contributed by atoms with Gasteiger partial charge in [0.1, 0.15) is 0 Å². The van der Waals surface area contributed by atoms with Crippen molar-refractivity contribution in [2.24, 2.45) is 5.92 Å². The fraction of sp³-hybridized carbons (Fsp3) is 0.600. The Morgan fingerprint density at radius 1 is 1.04 bits per heavy atom. The van der Waals surface area contributed by atoms with Crippen molar-refractivity contribution in [3.05, 3.63) is 28.3 Å². The Balaban J connectivity index is 2.07. The van der Waals surface area contributed by atoms with Gasteiger partial charge in [-0.15, -0.1) is 0 Å². The molecule has 0 radical (unpaired) electrons. The SMILES string of the molecule is CCNC(=O)CNC(=O)C1CCN(S(=O)(=O)c2c(C)c(C)cc(C)c2C)CC1. The molecule has 0 atom stereocenters. The number of carbonyl (C=O) groups excluding carboxylic acids is 2. The van der Waals surface area contributed by atoms with Gasteiger partial charge in [0.15, 0.2) is 0 Å². The van der Waals surface area contributed by atoms with E-state index in [9.17, 15) is 18.0 Å². The molecule has 1 fully saturated rings. The molecule has 28 heavy (non-hydrogen) atoms. The topological polar surface area (TPSA) is 95.6 Å². The van der Waals surface area contributed by atoms with E-state index in [0.717, 1.165) is 22.3 Å². The summed E-state index contributed by atoms with van der Waals surface area (Å²) in [6.45, 7) is 10.4. The van der Waals surface area contributed by atoms with Gasteiger partial charge in [0.2, 0.25) is 21.8 Å². The summed E-state index contributed by atoms with van der Waals surface area (Å²) in [6, 6.07) is 2.01. The zero-order chi connectivity index (χ0) is 21.1. The van der Waals surface area contributed by atoms with Crippen LogP contribution in [-0.4, -0.2) is 50.7 Å². The minimum absolute atomic E-state index is 0.0495. The lowest BCUT2D eigenvalue weighted by atomic mass is 9.97. The third-order valence-corrected chi connectivity index (χ3v) is 7.69. The average molecular weight is 410 g/mol. The minimum atomic E-state index is -3.61. The van der Waals surface area contributed by atoms with Gasteiger partial charge in [0, 0.05) is 25.6 Å². The van der Waals surface area contributed by atoms with Crippen LogP contribution in [0.2, 0.25) is 0 Å². The van der Waals surface area contributed by atoms with Gasteiger partial charge < -0.3 is 10.6 Å². The number of sulfonamides is 1. The number of benzene rings is 1. The number of rotatable bonds is 6. The van der Waals surface area contributed by atoms with Crippen molar-refractivity contribution < 1.29 is 18.0 Å². The number of piperidine rings is 1. The fourth-order valence-electron chi connectivity index (χ4n) is 3.63. The van der Waals surface area contributed by atoms with Crippen LogP contribution in [0.4, 0.5) is 0 Å². The standard InChI is InChI=1S/C20H31N3O4S/c1-6-21-18(24)12-22-20(25)17-7-9-23(10-8-17)28(26,27)19-15(4)13(2)11-14(3)16(19)5/h11,17H,6-10,12H2,1-5H3,(H,21,24)(H,22,25). The van der Waals surface area contributed by atoms with Gasteiger partial charge in [-0.25, -0.2) is 8.42 Å². The Hall–Kier alpha value is -1.93. The number of likely N-dealkylation sites (N-methyl/N-ethyl adjacent to an activating group) is 1. The third kappa shape index (κ3) is 4.72. The Kier molecular flexibility index (Phi) is 7.22. The van der Waals surface area contributed by atoms with Crippen LogP contribution in [0, 0.1) is 33.6 Å². The van der Waals surface area contributed by atoms with E-state index in [4.69, 9.17) is 0 Å². The summed E-state index contributed by atoms with van der Waals surface area (Å²) >= 11 is 0. The summed E-state index contributed by atoms with van der Waals surface area (Å²) in [5, 5.41) is 5.26. The van der Waals surface area contributed by atoms with Crippen LogP contribution >= 0.6 is 0 Å². The van der Waals surface area contributed by atoms with Crippen molar-refractivity contribution in [2.75, 3.05) is 26.2 Å². The van der Waals surface area contributed by atoms with Gasteiger partial charge in [0.05, 0.1) is 11.4 Å². The second kappa shape index (κ2) is 9.05. The van der Waals surface area contributed by atoms with E-state index in [-0.39, 0.29) is 24.3 Å². The van der Waals surface area contributed by atoms with E-state index in [1.807, 2.05) is 40.7 Å². The number of nitrogens with one attached hydrogen (secondary N) is 2. The van der Waals surface area contributed by atoms with Crippen molar-refractivity contribution in [1.29, 1.82) is 0 Å². The predicted octanol–water partition coefficient (Wildman–Crippen LogP) is 1.57. The van der Waals surface area contributed by atoms with Crippen LogP contribution in [0.5, 0.6) is 0 Å². The lowest BCUT2D eigenvalue weighted by Gasteiger charge is -2.31. The molecule has 2 N–H and O–H groups in total. The van der Waals surface area contributed by atoms with Crippen LogP contribution in [-0.2, 0) is 19.6 Å². The van der Waals surface area contributed by atoms with Gasteiger partial charge in [-0.1, -0.05) is 6.07 Å². The second-order valence-electron chi connectivity index (χ2n) is 7.44. The number of hydrogen-bond donors (Lipinski definition) is 2. The summed E-state index contributed by atoms with van der Waals surface area (Å²) in [6.07, 6.45) is 0.896. The first-order valence-corrected chi connectivity index (χ1v) is 11.2. The van der Waals surface area contributed by atoms with Gasteiger partial charge in [-0.2, -0.15) is 4.31 Å². The molecule has 1 saturated heterocycles. The number of carbonyl (C=O) groups is 2. The zero-order valence-electron chi connectivity index (χ0n) is 17.4. The van der Waals surface area contributed by atoms with Crippen LogP contribution < -0.4 is 10.6 Å². The average Bonchev–Trinajstić information content (AvgIpc) is 2.65. The molecule has 7 nitrogen and oxygen atoms in total. The highest BCUT2D eigenvalue weighted by atomic mass is 32.2. The molecule has 8 heteroatoms. The maximum atomic E-state index is 13.3. The Labute approximate surface area is 167 Å².